The Balaban J connectivity index is 2.27. The molecule has 1 aromatic rings. The van der Waals surface area contributed by atoms with Gasteiger partial charge >= 0.3 is 0 Å². The number of rotatable bonds is 1. The summed E-state index contributed by atoms with van der Waals surface area (Å²) in [7, 11) is 0. The maximum Gasteiger partial charge on any atom is 0.0697 e. The van der Waals surface area contributed by atoms with E-state index in [9.17, 15) is 0 Å². The summed E-state index contributed by atoms with van der Waals surface area (Å²) in [5.41, 5.74) is 4.55. The number of hydrogen-bond donors (Lipinski definition) is 0. The monoisotopic (exact) mass is 456 g/mol. The SMILES string of the molecule is CC(C)(C)N1CCc2ccc(N(I)I)cc2C1. The lowest BCUT2D eigenvalue weighted by Gasteiger charge is -2.39. The molecule has 2 rings (SSSR count). The van der Waals surface area contributed by atoms with Gasteiger partial charge in [0.25, 0.3) is 0 Å². The summed E-state index contributed by atoms with van der Waals surface area (Å²) >= 11 is 4.62. The zero-order valence-electron chi connectivity index (χ0n) is 10.5. The first-order valence-corrected chi connectivity index (χ1v) is 7.79. The zero-order chi connectivity index (χ0) is 12.6. The minimum atomic E-state index is 0.266. The highest BCUT2D eigenvalue weighted by atomic mass is 127. The van der Waals surface area contributed by atoms with Gasteiger partial charge in [-0.2, -0.15) is 0 Å². The van der Waals surface area contributed by atoms with E-state index < -0.39 is 0 Å². The highest BCUT2D eigenvalue weighted by molar-refractivity contribution is 14.2. The van der Waals surface area contributed by atoms with E-state index in [2.05, 4.69) is 90.9 Å². The van der Waals surface area contributed by atoms with Crippen molar-refractivity contribution in [2.75, 3.05) is 7.87 Å². The van der Waals surface area contributed by atoms with Crippen molar-refractivity contribution >= 4 is 51.4 Å². The van der Waals surface area contributed by atoms with Crippen molar-refractivity contribution in [1.29, 1.82) is 0 Å². The molecular weight excluding hydrogens is 438 g/mol. The third-order valence-electron chi connectivity index (χ3n) is 3.35. The van der Waals surface area contributed by atoms with Crippen LogP contribution < -0.4 is 1.33 Å². The molecular formula is C13H18I2N2. The van der Waals surface area contributed by atoms with Crippen molar-refractivity contribution < 1.29 is 0 Å². The Kier molecular flexibility index (Phi) is 4.24. The summed E-state index contributed by atoms with van der Waals surface area (Å²) in [6.07, 6.45) is 1.18. The standard InChI is InChI=1S/C13H18I2N2/c1-13(2,3)16-7-6-10-4-5-12(17(14)15)8-11(10)9-16/h4-5,8H,6-7,9H2,1-3H3. The van der Waals surface area contributed by atoms with E-state index in [0.717, 1.165) is 6.54 Å². The molecule has 2 nitrogen and oxygen atoms in total. The second-order valence-corrected chi connectivity index (χ2v) is 9.30. The molecule has 0 fully saturated rings. The Labute approximate surface area is 132 Å². The fraction of sp³-hybridized carbons (Fsp3) is 0.538. The van der Waals surface area contributed by atoms with Crippen LogP contribution in [-0.4, -0.2) is 17.0 Å². The maximum absolute atomic E-state index is 2.56. The lowest BCUT2D eigenvalue weighted by Crippen LogP contribution is -2.44. The molecule has 0 unspecified atom stereocenters. The largest absolute Gasteiger partial charge is 0.294 e. The summed E-state index contributed by atoms with van der Waals surface area (Å²) in [4.78, 5) is 2.56. The number of hydrogen-bond acceptors (Lipinski definition) is 2. The molecule has 94 valence electrons. The van der Waals surface area contributed by atoms with Crippen molar-refractivity contribution in [2.45, 2.75) is 39.3 Å². The molecule has 1 heterocycles. The molecule has 0 radical (unpaired) electrons. The normalized spacial score (nSPS) is 16.8. The van der Waals surface area contributed by atoms with E-state index >= 15 is 0 Å². The first-order chi connectivity index (χ1) is 7.88. The summed E-state index contributed by atoms with van der Waals surface area (Å²) in [6, 6.07) is 6.82. The van der Waals surface area contributed by atoms with E-state index in [1.807, 2.05) is 0 Å². The molecule has 0 N–H and O–H groups in total. The van der Waals surface area contributed by atoms with Crippen LogP contribution in [0.15, 0.2) is 18.2 Å². The van der Waals surface area contributed by atoms with E-state index in [1.54, 1.807) is 0 Å². The molecule has 0 atom stereocenters. The van der Waals surface area contributed by atoms with Gasteiger partial charge in [0.05, 0.1) is 51.4 Å². The van der Waals surface area contributed by atoms with Gasteiger partial charge < -0.3 is 0 Å². The van der Waals surface area contributed by atoms with Crippen LogP contribution in [0.5, 0.6) is 0 Å². The van der Waals surface area contributed by atoms with Crippen molar-refractivity contribution in [3.05, 3.63) is 29.3 Å². The smallest absolute Gasteiger partial charge is 0.0697 e. The molecule has 1 aromatic carbocycles. The fourth-order valence-electron chi connectivity index (χ4n) is 2.22. The van der Waals surface area contributed by atoms with Crippen LogP contribution in [0, 0.1) is 0 Å². The fourth-order valence-corrected chi connectivity index (χ4v) is 2.82. The third kappa shape index (κ3) is 3.26. The summed E-state index contributed by atoms with van der Waals surface area (Å²) in [5.74, 6) is 0. The Morgan fingerprint density at radius 3 is 2.47 bits per heavy atom. The Bertz CT molecular complexity index is 410. The average molecular weight is 456 g/mol. The predicted octanol–water partition coefficient (Wildman–Crippen LogP) is 4.35. The zero-order valence-corrected chi connectivity index (χ0v) is 14.8. The van der Waals surface area contributed by atoms with Gasteiger partial charge in [-0.3, -0.25) is 6.23 Å². The lowest BCUT2D eigenvalue weighted by molar-refractivity contribution is 0.121. The van der Waals surface area contributed by atoms with Crippen LogP contribution in [0.4, 0.5) is 5.69 Å². The first kappa shape index (κ1) is 13.9. The number of halogens is 2. The second kappa shape index (κ2) is 5.21. The van der Waals surface area contributed by atoms with Gasteiger partial charge in [-0.25, -0.2) is 0 Å². The second-order valence-electron chi connectivity index (χ2n) is 5.53. The van der Waals surface area contributed by atoms with Gasteiger partial charge in [-0.05, 0) is 50.5 Å². The van der Waals surface area contributed by atoms with Gasteiger partial charge in [0.2, 0.25) is 0 Å². The van der Waals surface area contributed by atoms with Crippen molar-refractivity contribution in [2.24, 2.45) is 0 Å². The van der Waals surface area contributed by atoms with E-state index in [1.165, 1.54) is 29.8 Å². The lowest BCUT2D eigenvalue weighted by atomic mass is 9.95. The highest BCUT2D eigenvalue weighted by Crippen LogP contribution is 2.30. The molecule has 0 saturated heterocycles. The number of nitrogens with zero attached hydrogens (tertiary/aromatic N) is 2. The van der Waals surface area contributed by atoms with E-state index in [0.29, 0.717) is 0 Å². The van der Waals surface area contributed by atoms with Gasteiger partial charge in [-0.1, -0.05) is 6.07 Å². The van der Waals surface area contributed by atoms with Crippen molar-refractivity contribution in [3.8, 4) is 0 Å². The van der Waals surface area contributed by atoms with Crippen LogP contribution in [0.1, 0.15) is 31.9 Å². The van der Waals surface area contributed by atoms with E-state index in [-0.39, 0.29) is 5.54 Å². The van der Waals surface area contributed by atoms with Crippen LogP contribution in [0.2, 0.25) is 0 Å². The van der Waals surface area contributed by atoms with Crippen LogP contribution >= 0.6 is 45.7 Å². The minimum absolute atomic E-state index is 0.266. The predicted molar refractivity (Wildman–Crippen MR) is 90.8 cm³/mol. The molecule has 1 aliphatic heterocycles. The average Bonchev–Trinajstić information content (AvgIpc) is 2.26. The molecule has 0 bridgehead atoms. The number of anilines is 1. The van der Waals surface area contributed by atoms with E-state index in [4.69, 9.17) is 0 Å². The topological polar surface area (TPSA) is 6.48 Å². The molecule has 0 aliphatic carbocycles. The third-order valence-corrected chi connectivity index (χ3v) is 4.46. The van der Waals surface area contributed by atoms with Crippen molar-refractivity contribution in [1.82, 2.24) is 4.90 Å². The highest BCUT2D eigenvalue weighted by Gasteiger charge is 2.25. The van der Waals surface area contributed by atoms with Gasteiger partial charge in [-0.15, -0.1) is 0 Å². The minimum Gasteiger partial charge on any atom is -0.294 e. The first-order valence-electron chi connectivity index (χ1n) is 5.86. The Hall–Kier alpha value is 0.440. The Morgan fingerprint density at radius 2 is 1.88 bits per heavy atom. The summed E-state index contributed by atoms with van der Waals surface area (Å²) in [5, 5.41) is 0. The van der Waals surface area contributed by atoms with Crippen LogP contribution in [0.25, 0.3) is 0 Å². The molecule has 1 aliphatic rings. The maximum atomic E-state index is 2.56. The molecule has 0 aromatic heterocycles. The van der Waals surface area contributed by atoms with Gasteiger partial charge in [0.1, 0.15) is 0 Å². The molecule has 0 saturated carbocycles. The molecule has 0 amide bonds. The van der Waals surface area contributed by atoms with Crippen LogP contribution in [-0.2, 0) is 13.0 Å². The quantitative estimate of drug-likeness (QED) is 0.458. The van der Waals surface area contributed by atoms with Gasteiger partial charge in [0, 0.05) is 18.6 Å². The molecule has 4 heteroatoms. The van der Waals surface area contributed by atoms with Crippen LogP contribution in [0.3, 0.4) is 0 Å². The summed E-state index contributed by atoms with van der Waals surface area (Å²) in [6.45, 7) is 9.14. The number of fused-ring (bicyclic) bond motifs is 1. The van der Waals surface area contributed by atoms with Crippen molar-refractivity contribution in [3.63, 3.8) is 0 Å². The van der Waals surface area contributed by atoms with Gasteiger partial charge in [0.15, 0.2) is 0 Å². The number of benzene rings is 1. The molecule has 0 spiro atoms. The summed E-state index contributed by atoms with van der Waals surface area (Å²) < 4.78 is 2.12. The Morgan fingerprint density at radius 1 is 1.18 bits per heavy atom. The molecule has 17 heavy (non-hydrogen) atoms.